The summed E-state index contributed by atoms with van der Waals surface area (Å²) in [6, 6.07) is 14.2. The fourth-order valence-corrected chi connectivity index (χ4v) is 9.31. The van der Waals surface area contributed by atoms with Gasteiger partial charge in [0.2, 0.25) is 20.0 Å². The van der Waals surface area contributed by atoms with Gasteiger partial charge in [0, 0.05) is 33.3 Å². The van der Waals surface area contributed by atoms with Crippen molar-refractivity contribution in [1.29, 1.82) is 0 Å². The summed E-state index contributed by atoms with van der Waals surface area (Å²) in [6.45, 7) is 5.60. The quantitative estimate of drug-likeness (QED) is 0.296. The summed E-state index contributed by atoms with van der Waals surface area (Å²) >= 11 is 4.51. The van der Waals surface area contributed by atoms with Gasteiger partial charge in [-0.05, 0) is 122 Å². The Bertz CT molecular complexity index is 1260. The molecule has 0 saturated heterocycles. The first-order valence-electron chi connectivity index (χ1n) is 13.8. The molecule has 0 amide bonds. The largest absolute Gasteiger partial charge is 0.243 e. The van der Waals surface area contributed by atoms with Crippen LogP contribution in [0.25, 0.3) is 0 Å². The van der Waals surface area contributed by atoms with Crippen molar-refractivity contribution in [2.75, 3.05) is 26.2 Å². The van der Waals surface area contributed by atoms with Crippen LogP contribution >= 0.6 is 45.2 Å². The number of aryl methyl sites for hydroxylation is 2. The van der Waals surface area contributed by atoms with Crippen LogP contribution in [-0.2, 0) is 20.0 Å². The maximum Gasteiger partial charge on any atom is 0.243 e. The first kappa shape index (κ1) is 33.7. The van der Waals surface area contributed by atoms with Crippen molar-refractivity contribution in [2.45, 2.75) is 75.0 Å². The standard InChI is InChI=1S/C30H40I2N2O4S2/c1-25-13-17-29(18-14-25)39(35,36)33-21-9-5-3-8-12-28(32)24-34(22-10-6-4-7-11-27(31)23-33)40(37,38)30-19-15-26(2)16-20-30/h11-20H,3-10,21-24H2,1-2H3/b27-11-,28-12-. The molecule has 0 aliphatic carbocycles. The van der Waals surface area contributed by atoms with E-state index in [0.29, 0.717) is 36.0 Å². The molecule has 0 radical (unpaired) electrons. The second-order valence-corrected chi connectivity index (χ2v) is 17.0. The molecule has 0 bridgehead atoms. The molecule has 0 saturated carbocycles. The molecule has 0 N–H and O–H groups in total. The van der Waals surface area contributed by atoms with E-state index in [2.05, 4.69) is 57.3 Å². The first-order chi connectivity index (χ1) is 19.0. The molecule has 2 aromatic rings. The summed E-state index contributed by atoms with van der Waals surface area (Å²) in [5.74, 6) is 0. The summed E-state index contributed by atoms with van der Waals surface area (Å²) in [5, 5.41) is 0. The third-order valence-electron chi connectivity index (χ3n) is 6.93. The predicted molar refractivity (Wildman–Crippen MR) is 181 cm³/mol. The lowest BCUT2D eigenvalue weighted by molar-refractivity contribution is 0.421. The number of halogens is 2. The second kappa shape index (κ2) is 16.2. The monoisotopic (exact) mass is 810 g/mol. The van der Waals surface area contributed by atoms with Crippen LogP contribution < -0.4 is 0 Å². The minimum Gasteiger partial charge on any atom is -0.207 e. The fraction of sp³-hybridized carbons (Fsp3) is 0.467. The molecule has 0 aromatic heterocycles. The van der Waals surface area contributed by atoms with Crippen LogP contribution in [0.1, 0.15) is 62.5 Å². The lowest BCUT2D eigenvalue weighted by Crippen LogP contribution is -2.33. The Morgan fingerprint density at radius 3 is 1.25 bits per heavy atom. The molecule has 0 unspecified atom stereocenters. The molecule has 0 spiro atoms. The average Bonchev–Trinajstić information content (AvgIpc) is 2.91. The molecule has 0 fully saturated rings. The summed E-state index contributed by atoms with van der Waals surface area (Å²) in [4.78, 5) is 0.680. The van der Waals surface area contributed by atoms with Crippen molar-refractivity contribution in [3.63, 3.8) is 0 Å². The molecule has 2 aromatic carbocycles. The van der Waals surface area contributed by atoms with Crippen LogP contribution in [0.2, 0.25) is 0 Å². The molecule has 6 nitrogen and oxygen atoms in total. The van der Waals surface area contributed by atoms with Gasteiger partial charge in [0.25, 0.3) is 0 Å². The van der Waals surface area contributed by atoms with Gasteiger partial charge < -0.3 is 0 Å². The van der Waals surface area contributed by atoms with Crippen LogP contribution in [-0.4, -0.2) is 51.6 Å². The highest BCUT2D eigenvalue weighted by Gasteiger charge is 2.26. The number of nitrogens with zero attached hydrogens (tertiary/aromatic N) is 2. The topological polar surface area (TPSA) is 74.8 Å². The molecule has 1 aliphatic rings. The summed E-state index contributed by atoms with van der Waals surface area (Å²) in [6.07, 6.45) is 11.1. The Kier molecular flexibility index (Phi) is 13.6. The van der Waals surface area contributed by atoms with E-state index in [1.54, 1.807) is 32.9 Å². The van der Waals surface area contributed by atoms with E-state index < -0.39 is 20.0 Å². The van der Waals surface area contributed by atoms with Gasteiger partial charge in [-0.15, -0.1) is 0 Å². The molecular formula is C30H40I2N2O4S2. The zero-order valence-electron chi connectivity index (χ0n) is 23.4. The van der Waals surface area contributed by atoms with E-state index in [0.717, 1.165) is 69.7 Å². The highest BCUT2D eigenvalue weighted by atomic mass is 127. The number of allylic oxidation sites excluding steroid dienone is 2. The SMILES string of the molecule is Cc1ccc(S(=O)(=O)N2CCCCC/C=C(\I)CN(S(=O)(=O)c3ccc(C)cc3)CCCCC/C=C(\I)C2)cc1. The molecule has 1 aliphatic heterocycles. The maximum atomic E-state index is 13.5. The summed E-state index contributed by atoms with van der Waals surface area (Å²) in [7, 11) is -7.17. The average molecular weight is 811 g/mol. The number of benzene rings is 2. The molecule has 1 heterocycles. The smallest absolute Gasteiger partial charge is 0.207 e. The van der Waals surface area contributed by atoms with Crippen LogP contribution in [0.15, 0.2) is 77.6 Å². The third-order valence-corrected chi connectivity index (χ3v) is 12.2. The van der Waals surface area contributed by atoms with Gasteiger partial charge >= 0.3 is 0 Å². The van der Waals surface area contributed by atoms with Crippen LogP contribution in [0.5, 0.6) is 0 Å². The fourth-order valence-electron chi connectivity index (χ4n) is 4.49. The van der Waals surface area contributed by atoms with Crippen molar-refractivity contribution in [1.82, 2.24) is 8.61 Å². The van der Waals surface area contributed by atoms with Gasteiger partial charge in [-0.3, -0.25) is 0 Å². The normalized spacial score (nSPS) is 21.4. The number of rotatable bonds is 4. The molecule has 3 rings (SSSR count). The molecule has 40 heavy (non-hydrogen) atoms. The highest BCUT2D eigenvalue weighted by Crippen LogP contribution is 2.24. The van der Waals surface area contributed by atoms with E-state index in [1.165, 1.54) is 0 Å². The number of sulfonamides is 2. The maximum absolute atomic E-state index is 13.5. The lowest BCUT2D eigenvalue weighted by Gasteiger charge is -2.23. The second-order valence-electron chi connectivity index (χ2n) is 10.3. The van der Waals surface area contributed by atoms with Gasteiger partial charge in [-0.25, -0.2) is 16.8 Å². The molecular weight excluding hydrogens is 770 g/mol. The predicted octanol–water partition coefficient (Wildman–Crippen LogP) is 7.76. The Hall–Kier alpha value is -0.800. The summed E-state index contributed by atoms with van der Waals surface area (Å²) in [5.41, 5.74) is 2.07. The Labute approximate surface area is 268 Å². The van der Waals surface area contributed by atoms with E-state index in [4.69, 9.17) is 0 Å². The molecule has 0 atom stereocenters. The molecule has 220 valence electrons. The van der Waals surface area contributed by atoms with E-state index in [-0.39, 0.29) is 0 Å². The van der Waals surface area contributed by atoms with E-state index >= 15 is 0 Å². The van der Waals surface area contributed by atoms with Gasteiger partial charge in [0.1, 0.15) is 0 Å². The number of hydrogen-bond donors (Lipinski definition) is 0. The summed E-state index contributed by atoms with van der Waals surface area (Å²) < 4.78 is 59.1. The van der Waals surface area contributed by atoms with Gasteiger partial charge in [0.05, 0.1) is 9.79 Å². The third kappa shape index (κ3) is 10.2. The minimum atomic E-state index is -3.58. The van der Waals surface area contributed by atoms with Gasteiger partial charge in [0.15, 0.2) is 0 Å². The van der Waals surface area contributed by atoms with Crippen LogP contribution in [0.3, 0.4) is 0 Å². The van der Waals surface area contributed by atoms with Crippen molar-refractivity contribution >= 4 is 65.2 Å². The van der Waals surface area contributed by atoms with Crippen molar-refractivity contribution in [2.24, 2.45) is 0 Å². The molecule has 10 heteroatoms. The van der Waals surface area contributed by atoms with Gasteiger partial charge in [-0.2, -0.15) is 8.61 Å². The van der Waals surface area contributed by atoms with E-state index in [9.17, 15) is 16.8 Å². The Balaban J connectivity index is 1.73. The van der Waals surface area contributed by atoms with Crippen LogP contribution in [0.4, 0.5) is 0 Å². The van der Waals surface area contributed by atoms with Crippen molar-refractivity contribution in [3.05, 3.63) is 79.0 Å². The lowest BCUT2D eigenvalue weighted by atomic mass is 10.1. The van der Waals surface area contributed by atoms with Crippen molar-refractivity contribution < 1.29 is 16.8 Å². The zero-order chi connectivity index (χ0) is 29.2. The zero-order valence-corrected chi connectivity index (χ0v) is 29.3. The minimum absolute atomic E-state index is 0.340. The van der Waals surface area contributed by atoms with E-state index in [1.807, 2.05) is 38.1 Å². The van der Waals surface area contributed by atoms with Crippen molar-refractivity contribution in [3.8, 4) is 0 Å². The van der Waals surface area contributed by atoms with Crippen LogP contribution in [0, 0.1) is 13.8 Å². The first-order valence-corrected chi connectivity index (χ1v) is 18.9. The Morgan fingerprint density at radius 1 is 0.550 bits per heavy atom. The highest BCUT2D eigenvalue weighted by molar-refractivity contribution is 14.1. The number of hydrogen-bond acceptors (Lipinski definition) is 4. The Morgan fingerprint density at radius 2 is 0.900 bits per heavy atom. The van der Waals surface area contributed by atoms with Gasteiger partial charge in [-0.1, -0.05) is 60.4 Å².